The van der Waals surface area contributed by atoms with E-state index in [1.54, 1.807) is 31.6 Å². The van der Waals surface area contributed by atoms with Crippen LogP contribution in [0.5, 0.6) is 5.75 Å². The standard InChI is InChI=1S/C22H24N2O4/c1-14(2)11-18(25)19-20(16-7-9-23-10-8-16)24(22(27)21(19)26)13-15-5-4-6-17(12-15)28-3/h4-10,12,14,20,26H,11,13H2,1-3H3. The third-order valence-corrected chi connectivity index (χ3v) is 4.71. The van der Waals surface area contributed by atoms with Crippen molar-refractivity contribution in [2.24, 2.45) is 5.92 Å². The largest absolute Gasteiger partial charge is 0.503 e. The minimum Gasteiger partial charge on any atom is -0.503 e. The quantitative estimate of drug-likeness (QED) is 0.794. The first-order valence-corrected chi connectivity index (χ1v) is 9.22. The Bertz CT molecular complexity index is 906. The van der Waals surface area contributed by atoms with Crippen LogP contribution in [0.1, 0.15) is 37.4 Å². The minimum absolute atomic E-state index is 0.119. The van der Waals surface area contributed by atoms with Gasteiger partial charge in [-0.1, -0.05) is 26.0 Å². The van der Waals surface area contributed by atoms with Crippen LogP contribution in [0.3, 0.4) is 0 Å². The first-order valence-electron chi connectivity index (χ1n) is 9.22. The normalized spacial score (nSPS) is 16.8. The minimum atomic E-state index is -0.645. The van der Waals surface area contributed by atoms with Crippen LogP contribution in [0, 0.1) is 5.92 Å². The molecule has 0 aliphatic carbocycles. The zero-order valence-electron chi connectivity index (χ0n) is 16.3. The van der Waals surface area contributed by atoms with Crippen LogP contribution < -0.4 is 4.74 Å². The van der Waals surface area contributed by atoms with Gasteiger partial charge in [0.2, 0.25) is 0 Å². The number of pyridine rings is 1. The van der Waals surface area contributed by atoms with Crippen LogP contribution >= 0.6 is 0 Å². The lowest BCUT2D eigenvalue weighted by Gasteiger charge is -2.27. The number of rotatable bonds is 7. The number of ketones is 1. The Labute approximate surface area is 164 Å². The predicted octanol–water partition coefficient (Wildman–Crippen LogP) is 3.60. The molecule has 3 rings (SSSR count). The molecular formula is C22H24N2O4. The number of carbonyl (C=O) groups is 2. The number of ether oxygens (including phenoxy) is 1. The molecule has 0 radical (unpaired) electrons. The molecule has 1 amide bonds. The molecule has 1 unspecified atom stereocenters. The number of nitrogens with zero attached hydrogens (tertiary/aromatic N) is 2. The first kappa shape index (κ1) is 19.6. The fourth-order valence-electron chi connectivity index (χ4n) is 3.44. The van der Waals surface area contributed by atoms with Gasteiger partial charge in [-0.2, -0.15) is 0 Å². The second kappa shape index (κ2) is 8.25. The van der Waals surface area contributed by atoms with Crippen LogP contribution in [-0.2, 0) is 16.1 Å². The van der Waals surface area contributed by atoms with Crippen molar-refractivity contribution < 1.29 is 19.4 Å². The van der Waals surface area contributed by atoms with Gasteiger partial charge in [0, 0.05) is 25.4 Å². The van der Waals surface area contributed by atoms with E-state index >= 15 is 0 Å². The number of aliphatic hydroxyl groups is 1. The van der Waals surface area contributed by atoms with E-state index in [-0.39, 0.29) is 30.2 Å². The first-order chi connectivity index (χ1) is 13.4. The highest BCUT2D eigenvalue weighted by molar-refractivity contribution is 6.08. The molecule has 1 aromatic carbocycles. The van der Waals surface area contributed by atoms with Crippen LogP contribution in [-0.4, -0.2) is 33.8 Å². The number of aliphatic hydroxyl groups excluding tert-OH is 1. The van der Waals surface area contributed by atoms with Gasteiger partial charge in [-0.15, -0.1) is 0 Å². The summed E-state index contributed by atoms with van der Waals surface area (Å²) >= 11 is 0. The summed E-state index contributed by atoms with van der Waals surface area (Å²) in [4.78, 5) is 31.3. The van der Waals surface area contributed by atoms with E-state index in [4.69, 9.17) is 4.74 Å². The number of carbonyl (C=O) groups excluding carboxylic acids is 2. The van der Waals surface area contributed by atoms with Gasteiger partial charge >= 0.3 is 0 Å². The van der Waals surface area contributed by atoms with E-state index in [1.807, 2.05) is 38.1 Å². The highest BCUT2D eigenvalue weighted by Gasteiger charge is 2.43. The molecule has 1 aliphatic heterocycles. The predicted molar refractivity (Wildman–Crippen MR) is 105 cm³/mol. The average molecular weight is 380 g/mol. The molecule has 1 atom stereocenters. The zero-order chi connectivity index (χ0) is 20.3. The average Bonchev–Trinajstić information content (AvgIpc) is 2.93. The van der Waals surface area contributed by atoms with Gasteiger partial charge in [-0.25, -0.2) is 0 Å². The Balaban J connectivity index is 2.01. The van der Waals surface area contributed by atoms with Crippen LogP contribution in [0.4, 0.5) is 0 Å². The van der Waals surface area contributed by atoms with Crippen molar-refractivity contribution in [3.8, 4) is 5.75 Å². The summed E-state index contributed by atoms with van der Waals surface area (Å²) < 4.78 is 5.26. The summed E-state index contributed by atoms with van der Waals surface area (Å²) in [5.74, 6) is -0.422. The number of Topliss-reactive ketones (excluding diaryl/α,β-unsaturated/α-hetero) is 1. The summed E-state index contributed by atoms with van der Waals surface area (Å²) in [6, 6.07) is 10.3. The monoisotopic (exact) mass is 380 g/mol. The number of hydrogen-bond acceptors (Lipinski definition) is 5. The van der Waals surface area contributed by atoms with Crippen LogP contribution in [0.15, 0.2) is 60.1 Å². The number of amides is 1. The molecule has 0 spiro atoms. The molecule has 0 saturated heterocycles. The number of hydrogen-bond donors (Lipinski definition) is 1. The lowest BCUT2D eigenvalue weighted by Crippen LogP contribution is -2.30. The molecule has 6 nitrogen and oxygen atoms in total. The molecule has 0 fully saturated rings. The van der Waals surface area contributed by atoms with E-state index in [0.29, 0.717) is 5.75 Å². The van der Waals surface area contributed by atoms with Crippen molar-refractivity contribution in [1.82, 2.24) is 9.88 Å². The van der Waals surface area contributed by atoms with E-state index in [2.05, 4.69) is 4.98 Å². The van der Waals surface area contributed by atoms with Gasteiger partial charge in [0.25, 0.3) is 5.91 Å². The zero-order valence-corrected chi connectivity index (χ0v) is 16.3. The van der Waals surface area contributed by atoms with Gasteiger partial charge in [0.1, 0.15) is 5.75 Å². The van der Waals surface area contributed by atoms with Crippen molar-refractivity contribution in [2.45, 2.75) is 32.9 Å². The summed E-state index contributed by atoms with van der Waals surface area (Å²) in [6.45, 7) is 4.11. The van der Waals surface area contributed by atoms with Crippen molar-refractivity contribution >= 4 is 11.7 Å². The van der Waals surface area contributed by atoms with Gasteiger partial charge in [-0.05, 0) is 41.3 Å². The van der Waals surface area contributed by atoms with Gasteiger partial charge in [0.15, 0.2) is 11.5 Å². The highest BCUT2D eigenvalue weighted by Crippen LogP contribution is 2.39. The van der Waals surface area contributed by atoms with Crippen molar-refractivity contribution in [1.29, 1.82) is 0 Å². The number of aromatic nitrogens is 1. The molecule has 0 saturated carbocycles. The Morgan fingerprint density at radius 3 is 2.61 bits per heavy atom. The van der Waals surface area contributed by atoms with E-state index in [0.717, 1.165) is 11.1 Å². The van der Waals surface area contributed by atoms with E-state index in [1.165, 1.54) is 4.90 Å². The molecule has 1 aliphatic rings. The summed E-state index contributed by atoms with van der Waals surface area (Å²) in [7, 11) is 1.58. The third-order valence-electron chi connectivity index (χ3n) is 4.71. The third kappa shape index (κ3) is 3.91. The fraction of sp³-hybridized carbons (Fsp3) is 0.318. The van der Waals surface area contributed by atoms with Gasteiger partial charge < -0.3 is 14.7 Å². The second-order valence-corrected chi connectivity index (χ2v) is 7.25. The van der Waals surface area contributed by atoms with Crippen molar-refractivity contribution in [2.75, 3.05) is 7.11 Å². The fourth-order valence-corrected chi connectivity index (χ4v) is 3.44. The maximum atomic E-state index is 12.9. The molecule has 1 aromatic heterocycles. The SMILES string of the molecule is COc1cccc(CN2C(=O)C(O)=C(C(=O)CC(C)C)C2c2ccncc2)c1. The van der Waals surface area contributed by atoms with E-state index in [9.17, 15) is 14.7 Å². The molecule has 1 N–H and O–H groups in total. The molecule has 28 heavy (non-hydrogen) atoms. The summed E-state index contributed by atoms with van der Waals surface area (Å²) in [5, 5.41) is 10.5. The van der Waals surface area contributed by atoms with Gasteiger partial charge in [0.05, 0.1) is 18.7 Å². The molecule has 0 bridgehead atoms. The maximum Gasteiger partial charge on any atom is 0.290 e. The molecule has 2 aromatic rings. The Kier molecular flexibility index (Phi) is 5.78. The topological polar surface area (TPSA) is 79.7 Å². The van der Waals surface area contributed by atoms with Crippen molar-refractivity contribution in [3.63, 3.8) is 0 Å². The number of benzene rings is 1. The van der Waals surface area contributed by atoms with E-state index < -0.39 is 17.7 Å². The van der Waals surface area contributed by atoms with Crippen LogP contribution in [0.25, 0.3) is 0 Å². The Hall–Kier alpha value is -3.15. The molecular weight excluding hydrogens is 356 g/mol. The summed E-state index contributed by atoms with van der Waals surface area (Å²) in [5.41, 5.74) is 1.74. The van der Waals surface area contributed by atoms with Crippen molar-refractivity contribution in [3.05, 3.63) is 71.3 Å². The van der Waals surface area contributed by atoms with Gasteiger partial charge in [-0.3, -0.25) is 14.6 Å². The molecule has 2 heterocycles. The smallest absolute Gasteiger partial charge is 0.290 e. The number of methoxy groups -OCH3 is 1. The maximum absolute atomic E-state index is 12.9. The molecule has 146 valence electrons. The lowest BCUT2D eigenvalue weighted by molar-refractivity contribution is -0.130. The molecule has 6 heteroatoms. The summed E-state index contributed by atoms with van der Waals surface area (Å²) in [6.07, 6.45) is 3.49. The second-order valence-electron chi connectivity index (χ2n) is 7.25. The lowest BCUT2D eigenvalue weighted by atomic mass is 9.92. The highest BCUT2D eigenvalue weighted by atomic mass is 16.5. The Morgan fingerprint density at radius 2 is 1.96 bits per heavy atom. The van der Waals surface area contributed by atoms with Crippen LogP contribution in [0.2, 0.25) is 0 Å². The Morgan fingerprint density at radius 1 is 1.25 bits per heavy atom.